The molecule has 1 saturated heterocycles. The average molecular weight is 437 g/mol. The molecule has 158 valence electrons. The van der Waals surface area contributed by atoms with Crippen LogP contribution in [0.25, 0.3) is 6.08 Å². The van der Waals surface area contributed by atoms with E-state index in [-0.39, 0.29) is 22.3 Å². The number of Topliss-reactive ketones (excluding diaryl/α,β-unsaturated/α-hetero) is 1. The number of piperazine rings is 1. The summed E-state index contributed by atoms with van der Waals surface area (Å²) in [6, 6.07) is 10.8. The van der Waals surface area contributed by atoms with Crippen LogP contribution in [0.15, 0.2) is 48.5 Å². The van der Waals surface area contributed by atoms with E-state index in [9.17, 15) is 22.8 Å². The molecule has 0 unspecified atom stereocenters. The summed E-state index contributed by atoms with van der Waals surface area (Å²) in [6.45, 7) is 3.75. The van der Waals surface area contributed by atoms with Gasteiger partial charge in [-0.25, -0.2) is 0 Å². The van der Waals surface area contributed by atoms with E-state index in [0.717, 1.165) is 11.8 Å². The number of benzene rings is 2. The molecule has 1 aliphatic heterocycles. The van der Waals surface area contributed by atoms with E-state index in [2.05, 4.69) is 4.90 Å². The average Bonchev–Trinajstić information content (AvgIpc) is 2.72. The lowest BCUT2D eigenvalue weighted by atomic mass is 10.1. The highest BCUT2D eigenvalue weighted by molar-refractivity contribution is 6.31. The van der Waals surface area contributed by atoms with Crippen LogP contribution in [0.5, 0.6) is 0 Å². The molecule has 0 aliphatic carbocycles. The van der Waals surface area contributed by atoms with Crippen LogP contribution in [0.3, 0.4) is 0 Å². The standard InChI is InChI=1S/C22H20ClF3N2O2/c1-15(29)17-4-6-18(7-5-17)27-10-12-28(13-11-27)21(30)9-3-16-2-8-20(23)19(14-16)22(24,25)26/h2-9,14H,10-13H2,1H3/b9-3+. The lowest BCUT2D eigenvalue weighted by Crippen LogP contribution is -2.48. The Hall–Kier alpha value is -2.80. The number of ketones is 1. The van der Waals surface area contributed by atoms with Crippen LogP contribution in [0.2, 0.25) is 5.02 Å². The topological polar surface area (TPSA) is 40.6 Å². The van der Waals surface area contributed by atoms with Crippen molar-refractivity contribution in [3.05, 3.63) is 70.3 Å². The molecule has 1 amide bonds. The minimum absolute atomic E-state index is 0.00629. The normalized spacial score (nSPS) is 15.0. The third kappa shape index (κ3) is 5.21. The Morgan fingerprint density at radius 2 is 1.63 bits per heavy atom. The first kappa shape index (κ1) is 21.9. The Balaban J connectivity index is 1.60. The third-order valence-electron chi connectivity index (χ3n) is 4.94. The molecule has 3 rings (SSSR count). The van der Waals surface area contributed by atoms with E-state index in [4.69, 9.17) is 11.6 Å². The van der Waals surface area contributed by atoms with Crippen molar-refractivity contribution < 1.29 is 22.8 Å². The summed E-state index contributed by atoms with van der Waals surface area (Å²) in [6.07, 6.45) is -1.91. The maximum Gasteiger partial charge on any atom is 0.417 e. The lowest BCUT2D eigenvalue weighted by molar-refractivity contribution is -0.137. The summed E-state index contributed by atoms with van der Waals surface area (Å²) in [5.41, 5.74) is 0.949. The van der Waals surface area contributed by atoms with Gasteiger partial charge in [0.05, 0.1) is 10.6 Å². The number of hydrogen-bond acceptors (Lipinski definition) is 3. The van der Waals surface area contributed by atoms with Crippen molar-refractivity contribution in [1.29, 1.82) is 0 Å². The van der Waals surface area contributed by atoms with Crippen LogP contribution in [0.4, 0.5) is 18.9 Å². The van der Waals surface area contributed by atoms with Crippen molar-refractivity contribution >= 4 is 35.1 Å². The highest BCUT2D eigenvalue weighted by atomic mass is 35.5. The first-order valence-corrected chi connectivity index (χ1v) is 9.72. The number of carbonyl (C=O) groups excluding carboxylic acids is 2. The molecule has 4 nitrogen and oxygen atoms in total. The smallest absolute Gasteiger partial charge is 0.368 e. The summed E-state index contributed by atoms with van der Waals surface area (Å²) in [7, 11) is 0. The van der Waals surface area contributed by atoms with Crippen molar-refractivity contribution in [1.82, 2.24) is 4.90 Å². The van der Waals surface area contributed by atoms with Crippen LogP contribution < -0.4 is 4.90 Å². The Morgan fingerprint density at radius 1 is 1.00 bits per heavy atom. The van der Waals surface area contributed by atoms with Gasteiger partial charge in [-0.2, -0.15) is 13.2 Å². The summed E-state index contributed by atoms with van der Waals surface area (Å²) >= 11 is 5.61. The second-order valence-corrected chi connectivity index (χ2v) is 7.39. The minimum Gasteiger partial charge on any atom is -0.368 e. The van der Waals surface area contributed by atoms with E-state index in [1.807, 2.05) is 12.1 Å². The largest absolute Gasteiger partial charge is 0.417 e. The quantitative estimate of drug-likeness (QED) is 0.504. The highest BCUT2D eigenvalue weighted by Crippen LogP contribution is 2.35. The van der Waals surface area contributed by atoms with Gasteiger partial charge in [-0.15, -0.1) is 0 Å². The number of hydrogen-bond donors (Lipinski definition) is 0. The molecule has 2 aromatic carbocycles. The lowest BCUT2D eigenvalue weighted by Gasteiger charge is -2.35. The number of alkyl halides is 3. The van der Waals surface area contributed by atoms with Crippen LogP contribution in [0, 0.1) is 0 Å². The molecular formula is C22H20ClF3N2O2. The van der Waals surface area contributed by atoms with Crippen LogP contribution in [-0.4, -0.2) is 42.8 Å². The molecule has 0 radical (unpaired) electrons. The van der Waals surface area contributed by atoms with E-state index in [1.165, 1.54) is 31.2 Å². The molecule has 0 atom stereocenters. The monoisotopic (exact) mass is 436 g/mol. The Bertz CT molecular complexity index is 963. The van der Waals surface area contributed by atoms with Gasteiger partial charge in [-0.3, -0.25) is 9.59 Å². The predicted molar refractivity (Wildman–Crippen MR) is 111 cm³/mol. The van der Waals surface area contributed by atoms with Crippen molar-refractivity contribution in [2.75, 3.05) is 31.1 Å². The molecule has 0 spiro atoms. The maximum atomic E-state index is 13.0. The molecule has 1 fully saturated rings. The zero-order chi connectivity index (χ0) is 21.9. The molecule has 0 saturated carbocycles. The third-order valence-corrected chi connectivity index (χ3v) is 5.27. The van der Waals surface area contributed by atoms with Crippen molar-refractivity contribution in [2.45, 2.75) is 13.1 Å². The van der Waals surface area contributed by atoms with Gasteiger partial charge < -0.3 is 9.80 Å². The summed E-state index contributed by atoms with van der Waals surface area (Å²) < 4.78 is 38.9. The van der Waals surface area contributed by atoms with E-state index < -0.39 is 11.7 Å². The fourth-order valence-corrected chi connectivity index (χ4v) is 3.45. The zero-order valence-corrected chi connectivity index (χ0v) is 17.0. The van der Waals surface area contributed by atoms with Crippen molar-refractivity contribution in [2.24, 2.45) is 0 Å². The second-order valence-electron chi connectivity index (χ2n) is 6.99. The van der Waals surface area contributed by atoms with E-state index >= 15 is 0 Å². The Labute approximate surface area is 177 Å². The Morgan fingerprint density at radius 3 is 2.20 bits per heavy atom. The maximum absolute atomic E-state index is 13.0. The fraction of sp³-hybridized carbons (Fsp3) is 0.273. The van der Waals surface area contributed by atoms with Gasteiger partial charge in [-0.1, -0.05) is 17.7 Å². The number of rotatable bonds is 4. The summed E-state index contributed by atoms with van der Waals surface area (Å²) in [4.78, 5) is 27.6. The number of halogens is 4. The molecule has 0 aromatic heterocycles. The number of amides is 1. The van der Waals surface area contributed by atoms with E-state index in [1.54, 1.807) is 17.0 Å². The SMILES string of the molecule is CC(=O)c1ccc(N2CCN(C(=O)/C=C/c3ccc(Cl)c(C(F)(F)F)c3)CC2)cc1. The second kappa shape index (κ2) is 8.92. The van der Waals surface area contributed by atoms with E-state index in [0.29, 0.717) is 31.7 Å². The first-order valence-electron chi connectivity index (χ1n) is 9.35. The molecule has 2 aromatic rings. The zero-order valence-electron chi connectivity index (χ0n) is 16.2. The molecule has 0 bridgehead atoms. The van der Waals surface area contributed by atoms with Crippen LogP contribution >= 0.6 is 11.6 Å². The van der Waals surface area contributed by atoms with Gasteiger partial charge in [0.25, 0.3) is 0 Å². The van der Waals surface area contributed by atoms with Gasteiger partial charge >= 0.3 is 6.18 Å². The molecule has 30 heavy (non-hydrogen) atoms. The van der Waals surface area contributed by atoms with Crippen molar-refractivity contribution in [3.63, 3.8) is 0 Å². The van der Waals surface area contributed by atoms with Gasteiger partial charge in [-0.05, 0) is 55.0 Å². The molecule has 0 N–H and O–H groups in total. The van der Waals surface area contributed by atoms with Gasteiger partial charge in [0.2, 0.25) is 5.91 Å². The summed E-state index contributed by atoms with van der Waals surface area (Å²) in [5, 5.41) is -0.376. The number of carbonyl (C=O) groups is 2. The minimum atomic E-state index is -4.55. The summed E-state index contributed by atoms with van der Waals surface area (Å²) in [5.74, 6) is -0.253. The Kier molecular flexibility index (Phi) is 6.51. The highest BCUT2D eigenvalue weighted by Gasteiger charge is 2.33. The van der Waals surface area contributed by atoms with Crippen LogP contribution in [0.1, 0.15) is 28.4 Å². The van der Waals surface area contributed by atoms with Crippen LogP contribution in [-0.2, 0) is 11.0 Å². The van der Waals surface area contributed by atoms with Crippen molar-refractivity contribution in [3.8, 4) is 0 Å². The molecule has 8 heteroatoms. The number of nitrogens with zero attached hydrogens (tertiary/aromatic N) is 2. The van der Waals surface area contributed by atoms with Gasteiger partial charge in [0.15, 0.2) is 5.78 Å². The predicted octanol–water partition coefficient (Wildman–Crippen LogP) is 4.92. The first-order chi connectivity index (χ1) is 14.1. The number of anilines is 1. The van der Waals surface area contributed by atoms with Gasteiger partial charge in [0, 0.05) is 43.5 Å². The molecular weight excluding hydrogens is 417 g/mol. The molecule has 1 aliphatic rings. The fourth-order valence-electron chi connectivity index (χ4n) is 3.23. The van der Waals surface area contributed by atoms with Gasteiger partial charge in [0.1, 0.15) is 0 Å². The molecule has 1 heterocycles.